The summed E-state index contributed by atoms with van der Waals surface area (Å²) in [4.78, 5) is 34.0. The molecule has 1 amide bonds. The molecule has 0 aliphatic heterocycles. The van der Waals surface area contributed by atoms with E-state index in [1.165, 1.54) is 36.7 Å². The highest BCUT2D eigenvalue weighted by Crippen LogP contribution is 2.32. The summed E-state index contributed by atoms with van der Waals surface area (Å²) < 4.78 is 27.6. The molecule has 0 atom stereocenters. The highest BCUT2D eigenvalue weighted by atomic mass is 32.2. The summed E-state index contributed by atoms with van der Waals surface area (Å²) in [6.07, 6.45) is 2.83. The Hall–Kier alpha value is -5.16. The van der Waals surface area contributed by atoms with E-state index in [-0.39, 0.29) is 16.4 Å². The van der Waals surface area contributed by atoms with Gasteiger partial charge in [-0.05, 0) is 35.9 Å². The Morgan fingerprint density at radius 2 is 1.37 bits per heavy atom. The first-order valence-electron chi connectivity index (χ1n) is 11.4. The second-order valence-corrected chi connectivity index (χ2v) is 9.72. The Morgan fingerprint density at radius 3 is 2.00 bits per heavy atom. The average Bonchev–Trinajstić information content (AvgIpc) is 2.94. The molecule has 188 valence electrons. The van der Waals surface area contributed by atoms with E-state index < -0.39 is 21.5 Å². The molecule has 2 heterocycles. The zero-order chi connectivity index (χ0) is 26.5. The van der Waals surface area contributed by atoms with Crippen LogP contribution in [0, 0.1) is 0 Å². The molecule has 0 bridgehead atoms. The van der Waals surface area contributed by atoms with Crippen LogP contribution in [0.2, 0.25) is 0 Å². The van der Waals surface area contributed by atoms with E-state index >= 15 is 0 Å². The third-order valence-corrected chi connectivity index (χ3v) is 6.88. The molecule has 0 saturated heterocycles. The number of H-pyrrole nitrogens is 1. The van der Waals surface area contributed by atoms with Crippen LogP contribution in [0.1, 0.15) is 10.4 Å². The molecular weight excluding hydrogens is 504 g/mol. The highest BCUT2D eigenvalue weighted by molar-refractivity contribution is 7.92. The smallest absolute Gasteiger partial charge is 0.277 e. The third kappa shape index (κ3) is 5.18. The van der Waals surface area contributed by atoms with E-state index in [1.54, 1.807) is 30.3 Å². The van der Waals surface area contributed by atoms with Crippen LogP contribution in [0.15, 0.2) is 113 Å². The van der Waals surface area contributed by atoms with Crippen LogP contribution in [-0.2, 0) is 10.0 Å². The van der Waals surface area contributed by atoms with Crippen molar-refractivity contribution in [2.24, 2.45) is 0 Å². The Bertz CT molecular complexity index is 1740. The maximum Gasteiger partial charge on any atom is 0.277 e. The second-order valence-electron chi connectivity index (χ2n) is 8.04. The number of anilines is 2. The lowest BCUT2D eigenvalue weighted by atomic mass is 9.95. The monoisotopic (exact) mass is 524 g/mol. The van der Waals surface area contributed by atoms with Crippen LogP contribution >= 0.6 is 0 Å². The van der Waals surface area contributed by atoms with Crippen LogP contribution in [0.25, 0.3) is 22.4 Å². The molecule has 10 nitrogen and oxygen atoms in total. The lowest BCUT2D eigenvalue weighted by Crippen LogP contribution is -2.26. The van der Waals surface area contributed by atoms with E-state index in [4.69, 9.17) is 0 Å². The van der Waals surface area contributed by atoms with Gasteiger partial charge in [-0.25, -0.2) is 28.2 Å². The van der Waals surface area contributed by atoms with Crippen LogP contribution in [0.5, 0.6) is 0 Å². The van der Waals surface area contributed by atoms with Gasteiger partial charge in [-0.1, -0.05) is 60.7 Å². The van der Waals surface area contributed by atoms with Crippen molar-refractivity contribution in [1.29, 1.82) is 0 Å². The fraction of sp³-hybridized carbons (Fsp3) is 0. The van der Waals surface area contributed by atoms with Gasteiger partial charge in [-0.15, -0.1) is 0 Å². The summed E-state index contributed by atoms with van der Waals surface area (Å²) in [5, 5.41) is 9.37. The van der Waals surface area contributed by atoms with E-state index in [9.17, 15) is 18.0 Å². The number of hydrogen-bond donors (Lipinski definition) is 3. The maximum absolute atomic E-state index is 13.4. The first-order chi connectivity index (χ1) is 18.4. The molecule has 3 N–H and O–H groups in total. The van der Waals surface area contributed by atoms with Gasteiger partial charge < -0.3 is 5.32 Å². The number of amides is 1. The van der Waals surface area contributed by atoms with Crippen molar-refractivity contribution in [3.05, 3.63) is 119 Å². The quantitative estimate of drug-likeness (QED) is 0.292. The molecule has 3 aromatic carbocycles. The lowest BCUT2D eigenvalue weighted by Gasteiger charge is -2.14. The molecular formula is C27H20N6O4S. The van der Waals surface area contributed by atoms with Gasteiger partial charge in [0, 0.05) is 29.2 Å². The number of nitrogens with one attached hydrogen (secondary N) is 3. The van der Waals surface area contributed by atoms with Crippen molar-refractivity contribution < 1.29 is 13.2 Å². The van der Waals surface area contributed by atoms with Crippen molar-refractivity contribution in [2.75, 3.05) is 10.0 Å². The first kappa shape index (κ1) is 24.5. The summed E-state index contributed by atoms with van der Waals surface area (Å²) in [6, 6.07) is 25.3. The van der Waals surface area contributed by atoms with Crippen LogP contribution < -0.4 is 15.6 Å². The molecule has 0 aliphatic carbocycles. The van der Waals surface area contributed by atoms with Gasteiger partial charge in [0.15, 0.2) is 0 Å². The number of aromatic nitrogens is 4. The number of sulfonamides is 1. The SMILES string of the molecule is O=C(Nc1ccc(S(=O)(=O)Nc2ncccn2)cc1)c1c(-c2ccccc2)c(-c2ccccc2)n[nH]c1=O. The standard InChI is InChI=1S/C27H20N6O4S/c34-25(30-20-12-14-21(15-13-20)38(36,37)33-27-28-16-7-17-29-27)23-22(18-8-3-1-4-9-18)24(31-32-26(23)35)19-10-5-2-6-11-19/h1-17H,(H,30,34)(H,32,35)(H,28,29,33). The largest absolute Gasteiger partial charge is 0.322 e. The Balaban J connectivity index is 1.48. The van der Waals surface area contributed by atoms with E-state index in [2.05, 4.69) is 30.2 Å². The number of hydrogen-bond acceptors (Lipinski definition) is 7. The molecule has 0 saturated carbocycles. The molecule has 38 heavy (non-hydrogen) atoms. The van der Waals surface area contributed by atoms with Crippen LogP contribution in [0.3, 0.4) is 0 Å². The van der Waals surface area contributed by atoms with Gasteiger partial charge in [-0.2, -0.15) is 5.10 Å². The topological polar surface area (TPSA) is 147 Å². The van der Waals surface area contributed by atoms with Gasteiger partial charge in [0.05, 0.1) is 10.6 Å². The molecule has 0 radical (unpaired) electrons. The van der Waals surface area contributed by atoms with E-state index in [0.29, 0.717) is 22.5 Å². The van der Waals surface area contributed by atoms with E-state index in [1.807, 2.05) is 36.4 Å². The summed E-state index contributed by atoms with van der Waals surface area (Å²) in [6.45, 7) is 0. The summed E-state index contributed by atoms with van der Waals surface area (Å²) in [5.74, 6) is -0.736. The minimum atomic E-state index is -3.95. The minimum Gasteiger partial charge on any atom is -0.322 e. The van der Waals surface area contributed by atoms with Crippen LogP contribution in [0.4, 0.5) is 11.6 Å². The van der Waals surface area contributed by atoms with Gasteiger partial charge >= 0.3 is 0 Å². The van der Waals surface area contributed by atoms with Gasteiger partial charge in [0.25, 0.3) is 21.5 Å². The average molecular weight is 525 g/mol. The fourth-order valence-electron chi connectivity index (χ4n) is 3.80. The van der Waals surface area contributed by atoms with Crippen molar-refractivity contribution in [1.82, 2.24) is 20.2 Å². The molecule has 5 aromatic rings. The number of benzene rings is 3. The number of nitrogens with zero attached hydrogens (tertiary/aromatic N) is 3. The molecule has 0 fully saturated rings. The maximum atomic E-state index is 13.4. The van der Waals surface area contributed by atoms with Crippen LogP contribution in [-0.4, -0.2) is 34.5 Å². The number of aromatic amines is 1. The van der Waals surface area contributed by atoms with Gasteiger partial charge in [0.2, 0.25) is 5.95 Å². The molecule has 0 spiro atoms. The third-order valence-electron chi connectivity index (χ3n) is 5.53. The Morgan fingerprint density at radius 1 is 0.763 bits per heavy atom. The van der Waals surface area contributed by atoms with E-state index in [0.717, 1.165) is 5.56 Å². The molecule has 0 aliphatic rings. The minimum absolute atomic E-state index is 0.0546. The highest BCUT2D eigenvalue weighted by Gasteiger charge is 2.23. The zero-order valence-corrected chi connectivity index (χ0v) is 20.5. The predicted molar refractivity (Wildman–Crippen MR) is 143 cm³/mol. The first-order valence-corrected chi connectivity index (χ1v) is 12.9. The van der Waals surface area contributed by atoms with Crippen molar-refractivity contribution in [3.8, 4) is 22.4 Å². The van der Waals surface area contributed by atoms with Gasteiger partial charge in [-0.3, -0.25) is 9.59 Å². The van der Waals surface area contributed by atoms with Gasteiger partial charge in [0.1, 0.15) is 5.56 Å². The van der Waals surface area contributed by atoms with Crippen molar-refractivity contribution in [2.45, 2.75) is 4.90 Å². The predicted octanol–water partition coefficient (Wildman–Crippen LogP) is 3.95. The Kier molecular flexibility index (Phi) is 6.74. The fourth-order valence-corrected chi connectivity index (χ4v) is 4.76. The van der Waals surface area contributed by atoms with Crippen molar-refractivity contribution >= 4 is 27.6 Å². The summed E-state index contributed by atoms with van der Waals surface area (Å²) in [7, 11) is -3.95. The zero-order valence-electron chi connectivity index (χ0n) is 19.7. The normalized spacial score (nSPS) is 11.1. The van der Waals surface area contributed by atoms with Crippen molar-refractivity contribution in [3.63, 3.8) is 0 Å². The number of carbonyl (C=O) groups excluding carboxylic acids is 1. The number of carbonyl (C=O) groups is 1. The summed E-state index contributed by atoms with van der Waals surface area (Å²) in [5.41, 5.74) is 1.70. The Labute approximate surface area is 217 Å². The molecule has 2 aromatic heterocycles. The summed E-state index contributed by atoms with van der Waals surface area (Å²) >= 11 is 0. The lowest BCUT2D eigenvalue weighted by molar-refractivity contribution is 0.102. The second kappa shape index (κ2) is 10.4. The molecule has 0 unspecified atom stereocenters. The number of rotatable bonds is 7. The molecule has 5 rings (SSSR count). The molecule has 11 heteroatoms.